The van der Waals surface area contributed by atoms with Crippen LogP contribution in [-0.2, 0) is 0 Å². The molecule has 1 aromatic rings. The molecular formula is C13H12F3N3. The van der Waals surface area contributed by atoms with Crippen LogP contribution < -0.4 is 4.90 Å². The number of hydrogen-bond donors (Lipinski definition) is 0. The van der Waals surface area contributed by atoms with E-state index in [0.717, 1.165) is 0 Å². The number of alkyl halides is 3. The fourth-order valence-corrected chi connectivity index (χ4v) is 1.59. The molecule has 100 valence electrons. The Bertz CT molecular complexity index is 471. The van der Waals surface area contributed by atoms with Gasteiger partial charge in [-0.3, -0.25) is 0 Å². The monoisotopic (exact) mass is 267 g/mol. The third-order valence-corrected chi connectivity index (χ3v) is 2.57. The van der Waals surface area contributed by atoms with Crippen molar-refractivity contribution in [2.75, 3.05) is 18.0 Å². The van der Waals surface area contributed by atoms with E-state index in [2.05, 4.69) is 0 Å². The number of rotatable bonds is 5. The predicted octanol–water partition coefficient (Wildman–Crippen LogP) is 3.11. The summed E-state index contributed by atoms with van der Waals surface area (Å²) >= 11 is 0. The van der Waals surface area contributed by atoms with Gasteiger partial charge in [0.05, 0.1) is 18.6 Å². The van der Waals surface area contributed by atoms with Crippen LogP contribution in [0.15, 0.2) is 30.3 Å². The highest BCUT2D eigenvalue weighted by Gasteiger charge is 2.40. The molecule has 1 aromatic carbocycles. The zero-order valence-corrected chi connectivity index (χ0v) is 10.1. The Hall–Kier alpha value is -2.21. The highest BCUT2D eigenvalue weighted by atomic mass is 19.4. The fourth-order valence-electron chi connectivity index (χ4n) is 1.59. The van der Waals surface area contributed by atoms with Gasteiger partial charge in [-0.25, -0.2) is 0 Å². The smallest absolute Gasteiger partial charge is 0.369 e. The Morgan fingerprint density at radius 3 is 2.26 bits per heavy atom. The molecule has 0 spiro atoms. The molecule has 0 heterocycles. The van der Waals surface area contributed by atoms with Gasteiger partial charge in [-0.1, -0.05) is 18.2 Å². The van der Waals surface area contributed by atoms with Crippen molar-refractivity contribution in [3.05, 3.63) is 30.3 Å². The first kappa shape index (κ1) is 14.8. The molecule has 0 aliphatic rings. The van der Waals surface area contributed by atoms with Crippen molar-refractivity contribution in [1.29, 1.82) is 10.5 Å². The zero-order valence-electron chi connectivity index (χ0n) is 10.1. The van der Waals surface area contributed by atoms with E-state index in [4.69, 9.17) is 10.5 Å². The minimum atomic E-state index is -4.56. The predicted molar refractivity (Wildman–Crippen MR) is 64.0 cm³/mol. The molecule has 0 aliphatic carbocycles. The Labute approximate surface area is 109 Å². The van der Waals surface area contributed by atoms with Gasteiger partial charge in [0.25, 0.3) is 0 Å². The van der Waals surface area contributed by atoms with Gasteiger partial charge >= 0.3 is 6.18 Å². The molecular weight excluding hydrogens is 255 g/mol. The lowest BCUT2D eigenvalue weighted by Gasteiger charge is -2.26. The normalized spacial score (nSPS) is 12.3. The van der Waals surface area contributed by atoms with Crippen LogP contribution in [0.3, 0.4) is 0 Å². The molecule has 0 saturated carbocycles. The van der Waals surface area contributed by atoms with Gasteiger partial charge in [0, 0.05) is 18.8 Å². The molecule has 0 aliphatic heterocycles. The maximum atomic E-state index is 12.6. The van der Waals surface area contributed by atoms with Gasteiger partial charge in [0.1, 0.15) is 0 Å². The summed E-state index contributed by atoms with van der Waals surface area (Å²) in [5.74, 6) is -2.06. The summed E-state index contributed by atoms with van der Waals surface area (Å²) in [5.41, 5.74) is 0.572. The van der Waals surface area contributed by atoms with Crippen LogP contribution in [0.2, 0.25) is 0 Å². The van der Waals surface area contributed by atoms with E-state index in [1.807, 2.05) is 6.07 Å². The summed E-state index contributed by atoms with van der Waals surface area (Å²) in [5, 5.41) is 17.2. The topological polar surface area (TPSA) is 50.8 Å². The van der Waals surface area contributed by atoms with Crippen molar-refractivity contribution in [2.24, 2.45) is 5.92 Å². The minimum Gasteiger partial charge on any atom is -0.369 e. The Balaban J connectivity index is 2.87. The summed E-state index contributed by atoms with van der Waals surface area (Å²) in [6.45, 7) is -0.305. The molecule has 0 fully saturated rings. The first-order valence-corrected chi connectivity index (χ1v) is 5.62. The Morgan fingerprint density at radius 1 is 1.16 bits per heavy atom. The van der Waals surface area contributed by atoms with Gasteiger partial charge in [0.2, 0.25) is 0 Å². The second-order valence-electron chi connectivity index (χ2n) is 3.91. The third kappa shape index (κ3) is 4.51. The summed E-state index contributed by atoms with van der Waals surface area (Å²) in [4.78, 5) is 1.41. The molecule has 0 amide bonds. The van der Waals surface area contributed by atoms with Crippen molar-refractivity contribution < 1.29 is 13.2 Å². The molecule has 3 nitrogen and oxygen atoms in total. The third-order valence-electron chi connectivity index (χ3n) is 2.57. The molecule has 1 atom stereocenters. The number of para-hydroxylation sites is 1. The first-order chi connectivity index (χ1) is 8.99. The molecule has 1 rings (SSSR count). The lowest BCUT2D eigenvalue weighted by atomic mass is 10.1. The SMILES string of the molecule is N#CCCN(CC(C#N)C(F)(F)F)c1ccccc1. The van der Waals surface area contributed by atoms with Gasteiger partial charge in [-0.05, 0) is 12.1 Å². The summed E-state index contributed by atoms with van der Waals surface area (Å²) < 4.78 is 37.8. The molecule has 6 heteroatoms. The highest BCUT2D eigenvalue weighted by molar-refractivity contribution is 5.46. The van der Waals surface area contributed by atoms with Crippen LogP contribution in [0.1, 0.15) is 6.42 Å². The number of hydrogen-bond acceptors (Lipinski definition) is 3. The number of anilines is 1. The average molecular weight is 267 g/mol. The van der Waals surface area contributed by atoms with E-state index in [9.17, 15) is 13.2 Å². The number of nitrogens with zero attached hydrogens (tertiary/aromatic N) is 3. The van der Waals surface area contributed by atoms with Crippen LogP contribution in [0.5, 0.6) is 0 Å². The van der Waals surface area contributed by atoms with Crippen LogP contribution in [-0.4, -0.2) is 19.3 Å². The quantitative estimate of drug-likeness (QED) is 0.823. The summed E-state index contributed by atoms with van der Waals surface area (Å²) in [6.07, 6.45) is -4.46. The number of benzene rings is 1. The standard InChI is InChI=1S/C13H12F3N3/c14-13(15,16)11(9-18)10-19(8-4-7-17)12-5-2-1-3-6-12/h1-3,5-6,11H,4,8,10H2. The molecule has 1 unspecified atom stereocenters. The number of nitriles is 2. The van der Waals surface area contributed by atoms with Crippen molar-refractivity contribution in [1.82, 2.24) is 0 Å². The molecule has 0 N–H and O–H groups in total. The van der Waals surface area contributed by atoms with Gasteiger partial charge < -0.3 is 4.90 Å². The van der Waals surface area contributed by atoms with E-state index in [0.29, 0.717) is 5.69 Å². The molecule has 0 aromatic heterocycles. The highest BCUT2D eigenvalue weighted by Crippen LogP contribution is 2.28. The lowest BCUT2D eigenvalue weighted by molar-refractivity contribution is -0.156. The van der Waals surface area contributed by atoms with Crippen LogP contribution in [0, 0.1) is 28.6 Å². The van der Waals surface area contributed by atoms with E-state index < -0.39 is 18.6 Å². The fraction of sp³-hybridized carbons (Fsp3) is 0.385. The molecule has 19 heavy (non-hydrogen) atoms. The second-order valence-corrected chi connectivity index (χ2v) is 3.91. The average Bonchev–Trinajstić information content (AvgIpc) is 2.38. The van der Waals surface area contributed by atoms with Crippen molar-refractivity contribution in [2.45, 2.75) is 12.6 Å². The van der Waals surface area contributed by atoms with E-state index >= 15 is 0 Å². The van der Waals surface area contributed by atoms with Gasteiger partial charge in [0.15, 0.2) is 5.92 Å². The Morgan fingerprint density at radius 2 is 1.79 bits per heavy atom. The first-order valence-electron chi connectivity index (χ1n) is 5.62. The van der Waals surface area contributed by atoms with Crippen molar-refractivity contribution >= 4 is 5.69 Å². The maximum absolute atomic E-state index is 12.6. The molecule has 0 radical (unpaired) electrons. The minimum absolute atomic E-state index is 0.102. The Kier molecular flexibility index (Phi) is 5.20. The van der Waals surface area contributed by atoms with E-state index in [1.54, 1.807) is 30.3 Å². The second kappa shape index (κ2) is 6.65. The maximum Gasteiger partial charge on any atom is 0.406 e. The number of halogens is 3. The van der Waals surface area contributed by atoms with Crippen LogP contribution in [0.4, 0.5) is 18.9 Å². The van der Waals surface area contributed by atoms with Crippen molar-refractivity contribution in [3.8, 4) is 12.1 Å². The molecule has 0 saturated heterocycles. The van der Waals surface area contributed by atoms with Gasteiger partial charge in [-0.15, -0.1) is 0 Å². The zero-order chi connectivity index (χ0) is 14.3. The summed E-state index contributed by atoms with van der Waals surface area (Å²) in [6, 6.07) is 11.6. The lowest BCUT2D eigenvalue weighted by Crippen LogP contribution is -2.36. The van der Waals surface area contributed by atoms with E-state index in [1.165, 1.54) is 11.0 Å². The van der Waals surface area contributed by atoms with Gasteiger partial charge in [-0.2, -0.15) is 23.7 Å². The largest absolute Gasteiger partial charge is 0.406 e. The van der Waals surface area contributed by atoms with Crippen LogP contribution in [0.25, 0.3) is 0 Å². The molecule has 0 bridgehead atoms. The van der Waals surface area contributed by atoms with E-state index in [-0.39, 0.29) is 13.0 Å². The van der Waals surface area contributed by atoms with Crippen LogP contribution >= 0.6 is 0 Å². The summed E-state index contributed by atoms with van der Waals surface area (Å²) in [7, 11) is 0. The van der Waals surface area contributed by atoms with Crippen molar-refractivity contribution in [3.63, 3.8) is 0 Å².